The largest absolute Gasteiger partial charge is 0.573 e. The first-order valence-corrected chi connectivity index (χ1v) is 11.0. The predicted molar refractivity (Wildman–Crippen MR) is 126 cm³/mol. The number of hydrogen-bond acceptors (Lipinski definition) is 7. The third-order valence-electron chi connectivity index (χ3n) is 5.35. The summed E-state index contributed by atoms with van der Waals surface area (Å²) in [6, 6.07) is 9.85. The van der Waals surface area contributed by atoms with Crippen LogP contribution in [0.15, 0.2) is 65.7 Å². The van der Waals surface area contributed by atoms with Gasteiger partial charge in [-0.3, -0.25) is 9.69 Å². The van der Waals surface area contributed by atoms with E-state index in [2.05, 4.69) is 16.3 Å². The molecule has 0 aliphatic heterocycles. The lowest BCUT2D eigenvalue weighted by Gasteiger charge is -2.25. The molecule has 0 amide bonds. The Morgan fingerprint density at radius 1 is 1.17 bits per heavy atom. The number of nitrogens with zero attached hydrogens (tertiary/aromatic N) is 2. The van der Waals surface area contributed by atoms with Crippen LogP contribution < -0.4 is 9.47 Å². The summed E-state index contributed by atoms with van der Waals surface area (Å²) >= 11 is 0. The molecule has 0 saturated heterocycles. The van der Waals surface area contributed by atoms with E-state index in [1.165, 1.54) is 30.5 Å². The van der Waals surface area contributed by atoms with Gasteiger partial charge in [0, 0.05) is 23.2 Å². The SMILES string of the molecule is C=CCCC(C=O)N(C)Cc1c(C=O)cccc1OCc1cnc(-c2ccc(OC(F)(F)F)cc2)o1. The number of rotatable bonds is 13. The van der Waals surface area contributed by atoms with Gasteiger partial charge < -0.3 is 18.7 Å². The summed E-state index contributed by atoms with van der Waals surface area (Å²) in [5.41, 5.74) is 1.52. The van der Waals surface area contributed by atoms with Gasteiger partial charge in [0.2, 0.25) is 5.89 Å². The monoisotopic (exact) mass is 502 g/mol. The highest BCUT2D eigenvalue weighted by Gasteiger charge is 2.31. The van der Waals surface area contributed by atoms with E-state index >= 15 is 0 Å². The van der Waals surface area contributed by atoms with Crippen LogP contribution in [0, 0.1) is 0 Å². The van der Waals surface area contributed by atoms with Crippen LogP contribution in [-0.4, -0.2) is 41.9 Å². The highest BCUT2D eigenvalue weighted by atomic mass is 19.4. The van der Waals surface area contributed by atoms with Gasteiger partial charge in [0.1, 0.15) is 24.4 Å². The Labute approximate surface area is 206 Å². The number of benzene rings is 2. The molecular formula is C26H25F3N2O5. The van der Waals surface area contributed by atoms with Crippen LogP contribution in [0.1, 0.15) is 34.5 Å². The van der Waals surface area contributed by atoms with E-state index in [-0.39, 0.29) is 24.3 Å². The zero-order valence-corrected chi connectivity index (χ0v) is 19.5. The van der Waals surface area contributed by atoms with Gasteiger partial charge >= 0.3 is 6.36 Å². The molecule has 2 aromatic carbocycles. The van der Waals surface area contributed by atoms with E-state index in [4.69, 9.17) is 9.15 Å². The van der Waals surface area contributed by atoms with Crippen LogP contribution in [0.3, 0.4) is 0 Å². The maximum absolute atomic E-state index is 12.3. The maximum atomic E-state index is 12.3. The van der Waals surface area contributed by atoms with E-state index < -0.39 is 6.36 Å². The second-order valence-corrected chi connectivity index (χ2v) is 7.92. The van der Waals surface area contributed by atoms with Crippen molar-refractivity contribution in [3.8, 4) is 23.0 Å². The summed E-state index contributed by atoms with van der Waals surface area (Å²) in [6.07, 6.45) is 1.30. The molecule has 1 heterocycles. The van der Waals surface area contributed by atoms with E-state index in [1.807, 2.05) is 4.90 Å². The minimum absolute atomic E-state index is 0.00509. The van der Waals surface area contributed by atoms with Crippen LogP contribution in [0.5, 0.6) is 11.5 Å². The lowest BCUT2D eigenvalue weighted by atomic mass is 10.0. The summed E-state index contributed by atoms with van der Waals surface area (Å²) in [5, 5.41) is 0. The van der Waals surface area contributed by atoms with Crippen LogP contribution in [-0.2, 0) is 17.9 Å². The third-order valence-corrected chi connectivity index (χ3v) is 5.35. The molecule has 3 rings (SSSR count). The van der Waals surface area contributed by atoms with Gasteiger partial charge in [-0.1, -0.05) is 18.2 Å². The minimum Gasteiger partial charge on any atom is -0.485 e. The number of aldehydes is 2. The number of likely N-dealkylation sites (N-methyl/N-ethyl adjacent to an activating group) is 1. The topological polar surface area (TPSA) is 81.9 Å². The number of alkyl halides is 3. The summed E-state index contributed by atoms with van der Waals surface area (Å²) in [5.74, 6) is 0.666. The van der Waals surface area contributed by atoms with Crippen LogP contribution in [0.4, 0.5) is 13.2 Å². The molecule has 1 aromatic heterocycles. The van der Waals surface area contributed by atoms with Crippen molar-refractivity contribution < 1.29 is 36.7 Å². The molecule has 3 aromatic rings. The average molecular weight is 502 g/mol. The van der Waals surface area contributed by atoms with Crippen molar-refractivity contribution in [2.45, 2.75) is 38.4 Å². The normalized spacial score (nSPS) is 12.2. The van der Waals surface area contributed by atoms with E-state index in [1.54, 1.807) is 31.3 Å². The lowest BCUT2D eigenvalue weighted by molar-refractivity contribution is -0.274. The number of oxazole rings is 1. The number of aromatic nitrogens is 1. The van der Waals surface area contributed by atoms with Gasteiger partial charge in [0.05, 0.1) is 12.2 Å². The Morgan fingerprint density at radius 3 is 2.56 bits per heavy atom. The van der Waals surface area contributed by atoms with Gasteiger partial charge in [-0.05, 0) is 50.2 Å². The fourth-order valence-electron chi connectivity index (χ4n) is 3.50. The Hall–Kier alpha value is -3.92. The molecular weight excluding hydrogens is 477 g/mol. The molecule has 190 valence electrons. The first-order chi connectivity index (χ1) is 17.2. The van der Waals surface area contributed by atoms with Gasteiger partial charge in [0.25, 0.3) is 0 Å². The van der Waals surface area contributed by atoms with E-state index in [0.717, 1.165) is 12.6 Å². The Bertz CT molecular complexity index is 1180. The molecule has 0 spiro atoms. The van der Waals surface area contributed by atoms with Gasteiger partial charge in [-0.25, -0.2) is 4.98 Å². The highest BCUT2D eigenvalue weighted by molar-refractivity contribution is 5.78. The van der Waals surface area contributed by atoms with Crippen LogP contribution in [0.2, 0.25) is 0 Å². The molecule has 0 bridgehead atoms. The number of carbonyl (C=O) groups is 2. The summed E-state index contributed by atoms with van der Waals surface area (Å²) < 4.78 is 52.5. The fraction of sp³-hybridized carbons (Fsp3) is 0.269. The minimum atomic E-state index is -4.77. The summed E-state index contributed by atoms with van der Waals surface area (Å²) in [7, 11) is 1.79. The molecule has 0 saturated carbocycles. The molecule has 0 aliphatic rings. The van der Waals surface area contributed by atoms with Crippen molar-refractivity contribution in [3.05, 3.63) is 78.2 Å². The third kappa shape index (κ3) is 7.29. The number of ether oxygens (including phenoxy) is 2. The molecule has 0 N–H and O–H groups in total. The van der Waals surface area contributed by atoms with Crippen molar-refractivity contribution in [2.24, 2.45) is 0 Å². The molecule has 7 nitrogen and oxygen atoms in total. The molecule has 0 fully saturated rings. The van der Waals surface area contributed by atoms with Gasteiger partial charge in [-0.15, -0.1) is 19.8 Å². The van der Waals surface area contributed by atoms with Crippen molar-refractivity contribution in [2.75, 3.05) is 7.05 Å². The van der Waals surface area contributed by atoms with Gasteiger partial charge in [-0.2, -0.15) is 0 Å². The number of hydrogen-bond donors (Lipinski definition) is 0. The smallest absolute Gasteiger partial charge is 0.485 e. The second kappa shape index (κ2) is 12.2. The molecule has 0 radical (unpaired) electrons. The molecule has 0 aliphatic carbocycles. The Morgan fingerprint density at radius 2 is 1.92 bits per heavy atom. The van der Waals surface area contributed by atoms with Crippen LogP contribution >= 0.6 is 0 Å². The van der Waals surface area contributed by atoms with Crippen molar-refractivity contribution in [3.63, 3.8) is 0 Å². The van der Waals surface area contributed by atoms with Crippen molar-refractivity contribution in [1.29, 1.82) is 0 Å². The molecule has 10 heteroatoms. The van der Waals surface area contributed by atoms with Crippen molar-refractivity contribution >= 4 is 12.6 Å². The lowest BCUT2D eigenvalue weighted by Crippen LogP contribution is -2.32. The van der Waals surface area contributed by atoms with Crippen LogP contribution in [0.25, 0.3) is 11.5 Å². The standard InChI is InChI=1S/C26H25F3N2O5/c1-3-4-7-20(16-33)31(2)14-23-19(15-32)6-5-8-24(23)34-17-22-13-30-25(35-22)18-9-11-21(12-10-18)36-26(27,28)29/h3,5-6,8-13,15-16,20H,1,4,7,14,17H2,2H3. The molecule has 1 atom stereocenters. The van der Waals surface area contributed by atoms with E-state index in [9.17, 15) is 22.8 Å². The maximum Gasteiger partial charge on any atom is 0.573 e. The predicted octanol–water partition coefficient (Wildman–Crippen LogP) is 5.60. The van der Waals surface area contributed by atoms with E-state index in [0.29, 0.717) is 47.6 Å². The Kier molecular flexibility index (Phi) is 9.02. The van der Waals surface area contributed by atoms with Gasteiger partial charge in [0.15, 0.2) is 12.0 Å². The van der Waals surface area contributed by atoms with Crippen molar-refractivity contribution in [1.82, 2.24) is 9.88 Å². The molecule has 1 unspecified atom stereocenters. The molecule has 36 heavy (non-hydrogen) atoms. The first kappa shape index (κ1) is 26.7. The number of halogens is 3. The fourth-order valence-corrected chi connectivity index (χ4v) is 3.50. The zero-order chi connectivity index (χ0) is 26.1. The average Bonchev–Trinajstić information content (AvgIpc) is 3.32. The first-order valence-electron chi connectivity index (χ1n) is 11.0. The number of allylic oxidation sites excluding steroid dienone is 1. The quantitative estimate of drug-likeness (QED) is 0.222. The summed E-state index contributed by atoms with van der Waals surface area (Å²) in [6.45, 7) is 3.98. The zero-order valence-electron chi connectivity index (χ0n) is 19.5. The highest BCUT2D eigenvalue weighted by Crippen LogP contribution is 2.28. The number of carbonyl (C=O) groups excluding carboxylic acids is 2. The Balaban J connectivity index is 1.71. The second-order valence-electron chi connectivity index (χ2n) is 7.92. The summed E-state index contributed by atoms with van der Waals surface area (Å²) in [4.78, 5) is 29.2.